The minimum atomic E-state index is 0.388. The average Bonchev–Trinajstić information content (AvgIpc) is 2.82. The topological polar surface area (TPSA) is 54.2 Å². The molecule has 1 aromatic heterocycles. The first-order valence-corrected chi connectivity index (χ1v) is 6.81. The molecule has 1 aromatic rings. The first-order chi connectivity index (χ1) is 8.65. The van der Waals surface area contributed by atoms with Gasteiger partial charge in [0.25, 0.3) is 0 Å². The van der Waals surface area contributed by atoms with Gasteiger partial charge in [-0.15, -0.1) is 0 Å². The lowest BCUT2D eigenvalue weighted by molar-refractivity contribution is 0.327. The van der Waals surface area contributed by atoms with E-state index in [1.54, 1.807) is 6.20 Å². The molecular formula is C13H20N4S. The van der Waals surface area contributed by atoms with E-state index in [0.717, 1.165) is 17.9 Å². The predicted molar refractivity (Wildman–Crippen MR) is 78.9 cm³/mol. The second kappa shape index (κ2) is 6.11. The van der Waals surface area contributed by atoms with Crippen molar-refractivity contribution in [2.24, 2.45) is 5.73 Å². The molecule has 1 unspecified atom stereocenters. The molecule has 5 heteroatoms. The van der Waals surface area contributed by atoms with Gasteiger partial charge in [0, 0.05) is 24.3 Å². The smallest absolute Gasteiger partial charge is 0.126 e. The monoisotopic (exact) mass is 264 g/mol. The fourth-order valence-corrected chi connectivity index (χ4v) is 2.40. The van der Waals surface area contributed by atoms with Crippen molar-refractivity contribution in [1.82, 2.24) is 9.88 Å². The SMILES string of the molecule is CC(CN1CCCC1)Nc1ccc(C(N)=S)cn1. The van der Waals surface area contributed by atoms with E-state index in [2.05, 4.69) is 22.1 Å². The second-order valence-electron chi connectivity index (χ2n) is 4.85. The van der Waals surface area contributed by atoms with Crippen LogP contribution in [0.2, 0.25) is 0 Å². The predicted octanol–water partition coefficient (Wildman–Crippen LogP) is 1.61. The Labute approximate surface area is 114 Å². The Morgan fingerprint density at radius 2 is 2.22 bits per heavy atom. The zero-order valence-electron chi connectivity index (χ0n) is 10.7. The minimum absolute atomic E-state index is 0.388. The molecule has 0 saturated carbocycles. The molecule has 4 nitrogen and oxygen atoms in total. The van der Waals surface area contributed by atoms with E-state index in [-0.39, 0.29) is 0 Å². The maximum atomic E-state index is 5.54. The van der Waals surface area contributed by atoms with Gasteiger partial charge in [0.1, 0.15) is 10.8 Å². The number of nitrogens with zero attached hydrogens (tertiary/aromatic N) is 2. The van der Waals surface area contributed by atoms with E-state index in [9.17, 15) is 0 Å². The lowest BCUT2D eigenvalue weighted by Gasteiger charge is -2.21. The van der Waals surface area contributed by atoms with E-state index in [4.69, 9.17) is 18.0 Å². The standard InChI is InChI=1S/C13H20N4S/c1-10(9-17-6-2-3-7-17)16-12-5-4-11(8-15-12)13(14)18/h4-5,8,10H,2-3,6-7,9H2,1H3,(H2,14,18)(H,15,16). The quantitative estimate of drug-likeness (QED) is 0.791. The number of thiocarbonyl (C=S) groups is 1. The molecule has 0 amide bonds. The zero-order valence-corrected chi connectivity index (χ0v) is 11.5. The number of likely N-dealkylation sites (tertiary alicyclic amines) is 1. The summed E-state index contributed by atoms with van der Waals surface area (Å²) in [4.78, 5) is 7.19. The number of anilines is 1. The van der Waals surface area contributed by atoms with Gasteiger partial charge in [0.05, 0.1) is 0 Å². The van der Waals surface area contributed by atoms with Crippen LogP contribution in [-0.2, 0) is 0 Å². The van der Waals surface area contributed by atoms with Gasteiger partial charge in [-0.05, 0) is 45.0 Å². The molecule has 0 aliphatic carbocycles. The molecule has 0 radical (unpaired) electrons. The Morgan fingerprint density at radius 1 is 1.50 bits per heavy atom. The van der Waals surface area contributed by atoms with Crippen LogP contribution in [0.5, 0.6) is 0 Å². The van der Waals surface area contributed by atoms with Crippen molar-refractivity contribution >= 4 is 23.0 Å². The zero-order chi connectivity index (χ0) is 13.0. The van der Waals surface area contributed by atoms with Crippen molar-refractivity contribution in [2.45, 2.75) is 25.8 Å². The van der Waals surface area contributed by atoms with Gasteiger partial charge in [0.2, 0.25) is 0 Å². The Balaban J connectivity index is 1.86. The normalized spacial score (nSPS) is 17.6. The van der Waals surface area contributed by atoms with Crippen LogP contribution < -0.4 is 11.1 Å². The van der Waals surface area contributed by atoms with Gasteiger partial charge in [-0.1, -0.05) is 12.2 Å². The summed E-state index contributed by atoms with van der Waals surface area (Å²) in [7, 11) is 0. The van der Waals surface area contributed by atoms with E-state index in [1.165, 1.54) is 25.9 Å². The minimum Gasteiger partial charge on any atom is -0.389 e. The molecule has 0 bridgehead atoms. The molecule has 1 aliphatic rings. The van der Waals surface area contributed by atoms with Crippen LogP contribution in [0.3, 0.4) is 0 Å². The number of hydrogen-bond acceptors (Lipinski definition) is 4. The number of aromatic nitrogens is 1. The summed E-state index contributed by atoms with van der Waals surface area (Å²) >= 11 is 4.90. The van der Waals surface area contributed by atoms with Crippen molar-refractivity contribution in [3.05, 3.63) is 23.9 Å². The first-order valence-electron chi connectivity index (χ1n) is 6.40. The molecule has 1 atom stereocenters. The van der Waals surface area contributed by atoms with Gasteiger partial charge >= 0.3 is 0 Å². The van der Waals surface area contributed by atoms with E-state index < -0.39 is 0 Å². The van der Waals surface area contributed by atoms with Gasteiger partial charge in [-0.3, -0.25) is 0 Å². The van der Waals surface area contributed by atoms with E-state index >= 15 is 0 Å². The van der Waals surface area contributed by atoms with E-state index in [0.29, 0.717) is 11.0 Å². The first kappa shape index (κ1) is 13.2. The van der Waals surface area contributed by atoms with Crippen LogP contribution in [0, 0.1) is 0 Å². The fraction of sp³-hybridized carbons (Fsp3) is 0.538. The highest BCUT2D eigenvalue weighted by Gasteiger charge is 2.14. The highest BCUT2D eigenvalue weighted by atomic mass is 32.1. The van der Waals surface area contributed by atoms with Crippen molar-refractivity contribution in [3.63, 3.8) is 0 Å². The van der Waals surface area contributed by atoms with Gasteiger partial charge in [-0.25, -0.2) is 4.98 Å². The van der Waals surface area contributed by atoms with Crippen molar-refractivity contribution in [3.8, 4) is 0 Å². The summed E-state index contributed by atoms with van der Waals surface area (Å²) in [6.07, 6.45) is 4.37. The van der Waals surface area contributed by atoms with E-state index in [1.807, 2.05) is 12.1 Å². The molecule has 98 valence electrons. The van der Waals surface area contributed by atoms with Crippen LogP contribution >= 0.6 is 12.2 Å². The lowest BCUT2D eigenvalue weighted by Crippen LogP contribution is -2.33. The molecule has 0 spiro atoms. The Morgan fingerprint density at radius 3 is 2.78 bits per heavy atom. The molecular weight excluding hydrogens is 244 g/mol. The van der Waals surface area contributed by atoms with Gasteiger partial charge < -0.3 is 16.0 Å². The van der Waals surface area contributed by atoms with Crippen molar-refractivity contribution in [2.75, 3.05) is 25.0 Å². The summed E-state index contributed by atoms with van der Waals surface area (Å²) in [5, 5.41) is 3.40. The fourth-order valence-electron chi connectivity index (χ4n) is 2.28. The summed E-state index contributed by atoms with van der Waals surface area (Å²) in [6, 6.07) is 4.22. The summed E-state index contributed by atoms with van der Waals surface area (Å²) in [5.41, 5.74) is 6.35. The summed E-state index contributed by atoms with van der Waals surface area (Å²) in [6.45, 7) is 5.69. The summed E-state index contributed by atoms with van der Waals surface area (Å²) in [5.74, 6) is 0.877. The third-order valence-corrected chi connectivity index (χ3v) is 3.41. The second-order valence-corrected chi connectivity index (χ2v) is 5.29. The maximum Gasteiger partial charge on any atom is 0.126 e. The number of pyridine rings is 1. The average molecular weight is 264 g/mol. The Bertz CT molecular complexity index is 398. The molecule has 1 aliphatic heterocycles. The highest BCUT2D eigenvalue weighted by molar-refractivity contribution is 7.80. The molecule has 18 heavy (non-hydrogen) atoms. The third-order valence-electron chi connectivity index (χ3n) is 3.17. The van der Waals surface area contributed by atoms with Crippen LogP contribution in [0.15, 0.2) is 18.3 Å². The van der Waals surface area contributed by atoms with Crippen LogP contribution in [0.25, 0.3) is 0 Å². The van der Waals surface area contributed by atoms with Gasteiger partial charge in [0.15, 0.2) is 0 Å². The number of nitrogens with two attached hydrogens (primary N) is 1. The highest BCUT2D eigenvalue weighted by Crippen LogP contribution is 2.10. The Kier molecular flexibility index (Phi) is 4.49. The van der Waals surface area contributed by atoms with Crippen LogP contribution in [0.4, 0.5) is 5.82 Å². The molecule has 1 fully saturated rings. The Hall–Kier alpha value is -1.20. The molecule has 1 saturated heterocycles. The molecule has 2 heterocycles. The number of rotatable bonds is 5. The molecule has 0 aromatic carbocycles. The van der Waals surface area contributed by atoms with Gasteiger partial charge in [-0.2, -0.15) is 0 Å². The maximum absolute atomic E-state index is 5.54. The molecule has 3 N–H and O–H groups in total. The number of nitrogens with one attached hydrogen (secondary N) is 1. The lowest BCUT2D eigenvalue weighted by atomic mass is 10.2. The third kappa shape index (κ3) is 3.65. The number of hydrogen-bond donors (Lipinski definition) is 2. The van der Waals surface area contributed by atoms with Crippen LogP contribution in [-0.4, -0.2) is 40.5 Å². The molecule has 2 rings (SSSR count). The van der Waals surface area contributed by atoms with Crippen molar-refractivity contribution < 1.29 is 0 Å². The van der Waals surface area contributed by atoms with Crippen molar-refractivity contribution in [1.29, 1.82) is 0 Å². The van der Waals surface area contributed by atoms with Crippen LogP contribution in [0.1, 0.15) is 25.3 Å². The largest absolute Gasteiger partial charge is 0.389 e. The summed E-state index contributed by atoms with van der Waals surface area (Å²) < 4.78 is 0.